The fourth-order valence-corrected chi connectivity index (χ4v) is 1.89. The number of hydrogen-bond acceptors (Lipinski definition) is 3. The Morgan fingerprint density at radius 1 is 1.05 bits per heavy atom. The van der Waals surface area contributed by atoms with E-state index in [-0.39, 0.29) is 0 Å². The number of rotatable bonds is 9. The average Bonchev–Trinajstić information content (AvgIpc) is 2.85. The molecule has 1 aromatic heterocycles. The summed E-state index contributed by atoms with van der Waals surface area (Å²) < 4.78 is 2.22. The maximum absolute atomic E-state index is 8.25. The molecule has 1 heterocycles. The van der Waals surface area contributed by atoms with E-state index in [4.69, 9.17) is 15.3 Å². The first-order chi connectivity index (χ1) is 9.16. The lowest BCUT2D eigenvalue weighted by atomic mass is 10.1. The highest BCUT2D eigenvalue weighted by Crippen LogP contribution is 2.07. The summed E-state index contributed by atoms with van der Waals surface area (Å²) in [6.07, 6.45) is 17.3. The van der Waals surface area contributed by atoms with Crippen LogP contribution >= 0.6 is 0 Å². The molecule has 0 aliphatic heterocycles. The van der Waals surface area contributed by atoms with Crippen molar-refractivity contribution in [3.8, 4) is 0 Å². The second-order valence-corrected chi connectivity index (χ2v) is 4.55. The minimum atomic E-state index is -1.75. The van der Waals surface area contributed by atoms with Crippen LogP contribution in [0.5, 0.6) is 0 Å². The molecule has 0 aliphatic rings. The van der Waals surface area contributed by atoms with Gasteiger partial charge in [-0.3, -0.25) is 4.98 Å². The van der Waals surface area contributed by atoms with Gasteiger partial charge in [-0.2, -0.15) is 0 Å². The van der Waals surface area contributed by atoms with Crippen LogP contribution < -0.4 is 4.57 Å². The minimum absolute atomic E-state index is 1.17. The van der Waals surface area contributed by atoms with Crippen molar-refractivity contribution in [3.05, 3.63) is 34.0 Å². The van der Waals surface area contributed by atoms with Crippen LogP contribution in [-0.4, -0.2) is 10.1 Å². The molecule has 1 N–H and O–H groups in total. The largest absolute Gasteiger partial charge is 0.356 e. The average molecular weight is 271 g/mol. The summed E-state index contributed by atoms with van der Waals surface area (Å²) in [6.45, 7) is 3.44. The zero-order valence-corrected chi connectivity index (χ0v) is 11.7. The maximum Gasteiger partial charge on any atom is 0.241 e. The van der Waals surface area contributed by atoms with Gasteiger partial charge >= 0.3 is 0 Å². The molecule has 0 amide bonds. The first kappa shape index (κ1) is 17.4. The Kier molecular flexibility index (Phi) is 11.8. The molecule has 1 rings (SSSR count). The minimum Gasteiger partial charge on any atom is -0.356 e. The second kappa shape index (κ2) is 12.9. The fourth-order valence-electron chi connectivity index (χ4n) is 1.89. The number of aromatic nitrogens is 2. The standard InChI is InChI=1S/C13H24N2.NO3/c1-2-3-4-5-6-7-8-9-11-15-12-10-14-13-15;2-1(3)4/h10,12-13H,2-9,11H2,1H3;/q;-1/p+1. The van der Waals surface area contributed by atoms with Gasteiger partial charge in [0.2, 0.25) is 6.33 Å². The molecule has 0 radical (unpaired) electrons. The molecular weight excluding hydrogens is 246 g/mol. The normalized spacial score (nSPS) is 9.74. The molecule has 0 unspecified atom stereocenters. The van der Waals surface area contributed by atoms with Crippen molar-refractivity contribution in [2.45, 2.75) is 64.8 Å². The molecule has 0 bridgehead atoms. The maximum atomic E-state index is 8.25. The molecule has 1 aromatic rings. The number of imidazole rings is 1. The Morgan fingerprint density at radius 3 is 2.05 bits per heavy atom. The number of aromatic amines is 1. The molecule has 0 fully saturated rings. The van der Waals surface area contributed by atoms with Crippen LogP contribution in [0, 0.1) is 15.3 Å². The predicted molar refractivity (Wildman–Crippen MR) is 74.0 cm³/mol. The molecule has 6 nitrogen and oxygen atoms in total. The third-order valence-electron chi connectivity index (χ3n) is 2.87. The van der Waals surface area contributed by atoms with E-state index in [9.17, 15) is 0 Å². The van der Waals surface area contributed by atoms with Crippen LogP contribution in [0.1, 0.15) is 58.3 Å². The lowest BCUT2D eigenvalue weighted by molar-refractivity contribution is -0.696. The molecule has 0 saturated heterocycles. The van der Waals surface area contributed by atoms with Gasteiger partial charge in [0.25, 0.3) is 0 Å². The van der Waals surface area contributed by atoms with Crippen molar-refractivity contribution >= 4 is 0 Å². The number of hydrogen-bond donors (Lipinski definition) is 1. The monoisotopic (exact) mass is 271 g/mol. The summed E-state index contributed by atoms with van der Waals surface area (Å²) in [5.41, 5.74) is 0. The van der Waals surface area contributed by atoms with E-state index < -0.39 is 5.09 Å². The predicted octanol–water partition coefficient (Wildman–Crippen LogP) is 3.20. The van der Waals surface area contributed by atoms with Gasteiger partial charge in [0.1, 0.15) is 12.4 Å². The van der Waals surface area contributed by atoms with Gasteiger partial charge in [-0.1, -0.05) is 45.4 Å². The molecular formula is C13H25N3O3. The van der Waals surface area contributed by atoms with Crippen LogP contribution in [-0.2, 0) is 6.54 Å². The molecule has 19 heavy (non-hydrogen) atoms. The Balaban J connectivity index is 0.000000711. The Morgan fingerprint density at radius 2 is 1.58 bits per heavy atom. The molecule has 6 heteroatoms. The van der Waals surface area contributed by atoms with Crippen LogP contribution in [0.4, 0.5) is 0 Å². The molecule has 0 saturated carbocycles. The Labute approximate surface area is 114 Å². The molecule has 0 atom stereocenters. The summed E-state index contributed by atoms with van der Waals surface area (Å²) in [6, 6.07) is 0. The summed E-state index contributed by atoms with van der Waals surface area (Å²) in [5, 5.41) is 14.8. The van der Waals surface area contributed by atoms with Crippen LogP contribution in [0.3, 0.4) is 0 Å². The number of nitrogens with one attached hydrogen (secondary N) is 1. The van der Waals surface area contributed by atoms with Crippen LogP contribution in [0.2, 0.25) is 0 Å². The highest BCUT2D eigenvalue weighted by Gasteiger charge is 1.96. The highest BCUT2D eigenvalue weighted by molar-refractivity contribution is 4.55. The van der Waals surface area contributed by atoms with Gasteiger partial charge in [0.05, 0.1) is 11.6 Å². The van der Waals surface area contributed by atoms with E-state index in [0.717, 1.165) is 0 Å². The van der Waals surface area contributed by atoms with Crippen molar-refractivity contribution in [1.29, 1.82) is 0 Å². The number of aryl methyl sites for hydroxylation is 1. The lowest BCUT2D eigenvalue weighted by Crippen LogP contribution is -2.30. The highest BCUT2D eigenvalue weighted by atomic mass is 16.9. The number of unbranched alkanes of at least 4 members (excludes halogenated alkanes) is 7. The van der Waals surface area contributed by atoms with Crippen molar-refractivity contribution in [1.82, 2.24) is 4.98 Å². The molecule has 0 aromatic carbocycles. The van der Waals surface area contributed by atoms with Crippen molar-refractivity contribution < 1.29 is 9.65 Å². The van der Waals surface area contributed by atoms with Gasteiger partial charge in [0.15, 0.2) is 0 Å². The quantitative estimate of drug-likeness (QED) is 0.324. The summed E-state index contributed by atoms with van der Waals surface area (Å²) >= 11 is 0. The van der Waals surface area contributed by atoms with E-state index in [1.54, 1.807) is 0 Å². The summed E-state index contributed by atoms with van der Waals surface area (Å²) in [5.74, 6) is 0. The molecule has 110 valence electrons. The fraction of sp³-hybridized carbons (Fsp3) is 0.769. The van der Waals surface area contributed by atoms with Gasteiger partial charge in [-0.05, 0) is 12.8 Å². The number of nitrogens with zero attached hydrogens (tertiary/aromatic N) is 2. The zero-order chi connectivity index (χ0) is 14.3. The summed E-state index contributed by atoms with van der Waals surface area (Å²) in [7, 11) is 0. The number of H-pyrrole nitrogens is 1. The third-order valence-corrected chi connectivity index (χ3v) is 2.87. The lowest BCUT2D eigenvalue weighted by Gasteiger charge is -2.00. The SMILES string of the molecule is CCCCCCCCCC[n+]1cc[nH]c1.O=[N+]([O-])[O-]. The van der Waals surface area contributed by atoms with Gasteiger partial charge in [-0.15, -0.1) is 0 Å². The van der Waals surface area contributed by atoms with E-state index in [1.165, 1.54) is 57.9 Å². The van der Waals surface area contributed by atoms with Gasteiger partial charge < -0.3 is 15.3 Å². The third kappa shape index (κ3) is 14.3. The van der Waals surface area contributed by atoms with Crippen LogP contribution in [0.15, 0.2) is 18.7 Å². The first-order valence-corrected chi connectivity index (χ1v) is 7.00. The van der Waals surface area contributed by atoms with Gasteiger partial charge in [-0.25, -0.2) is 4.57 Å². The van der Waals surface area contributed by atoms with E-state index in [1.807, 2.05) is 12.5 Å². The molecule has 0 aliphatic carbocycles. The Bertz CT molecular complexity index is 298. The van der Waals surface area contributed by atoms with Crippen molar-refractivity contribution in [3.63, 3.8) is 0 Å². The van der Waals surface area contributed by atoms with Gasteiger partial charge in [0, 0.05) is 0 Å². The molecule has 0 spiro atoms. The van der Waals surface area contributed by atoms with E-state index in [0.29, 0.717) is 0 Å². The smallest absolute Gasteiger partial charge is 0.241 e. The van der Waals surface area contributed by atoms with Crippen molar-refractivity contribution in [2.75, 3.05) is 0 Å². The van der Waals surface area contributed by atoms with Crippen LogP contribution in [0.25, 0.3) is 0 Å². The zero-order valence-electron chi connectivity index (χ0n) is 11.7. The first-order valence-electron chi connectivity index (χ1n) is 7.00. The van der Waals surface area contributed by atoms with E-state index >= 15 is 0 Å². The van der Waals surface area contributed by atoms with Crippen molar-refractivity contribution in [2.24, 2.45) is 0 Å². The topological polar surface area (TPSA) is 85.9 Å². The Hall–Kier alpha value is -1.59. The second-order valence-electron chi connectivity index (χ2n) is 4.55. The van der Waals surface area contributed by atoms with E-state index in [2.05, 4.69) is 22.7 Å². The summed E-state index contributed by atoms with van der Waals surface area (Å²) in [4.78, 5) is 11.3.